The molecule has 0 bridgehead atoms. The molecule has 0 saturated carbocycles. The third-order valence-corrected chi connectivity index (χ3v) is 2.72. The fourth-order valence-electron chi connectivity index (χ4n) is 1.73. The molecule has 0 aliphatic carbocycles. The molecule has 0 N–H and O–H groups in total. The fraction of sp³-hybridized carbons (Fsp3) is 0.538. The molecule has 0 radical (unpaired) electrons. The van der Waals surface area contributed by atoms with Gasteiger partial charge in [-0.1, -0.05) is 51.5 Å². The van der Waals surface area contributed by atoms with Crippen molar-refractivity contribution in [3.63, 3.8) is 0 Å². The minimum absolute atomic E-state index is 0.711. The molecule has 0 spiro atoms. The molecule has 0 heterocycles. The first-order chi connectivity index (χ1) is 6.29. The van der Waals surface area contributed by atoms with Crippen molar-refractivity contribution in [1.82, 2.24) is 0 Å². The van der Waals surface area contributed by atoms with Crippen molar-refractivity contribution in [2.75, 3.05) is 0 Å². The molecule has 1 aromatic rings. The van der Waals surface area contributed by atoms with Crippen molar-refractivity contribution < 1.29 is 0 Å². The first-order valence-corrected chi connectivity index (χ1v) is 5.37. The summed E-state index contributed by atoms with van der Waals surface area (Å²) in [6.45, 7) is 6.81. The molecule has 0 amide bonds. The normalized spacial score (nSPS) is 12.8. The van der Waals surface area contributed by atoms with Crippen LogP contribution in [0.5, 0.6) is 0 Å². The molecule has 1 rings (SSSR count). The van der Waals surface area contributed by atoms with E-state index in [0.717, 1.165) is 0 Å². The van der Waals surface area contributed by atoms with E-state index in [2.05, 4.69) is 45.0 Å². The summed E-state index contributed by atoms with van der Waals surface area (Å²) in [5, 5.41) is 0. The summed E-state index contributed by atoms with van der Waals surface area (Å²) < 4.78 is 0. The second kappa shape index (κ2) is 5.06. The third kappa shape index (κ3) is 2.58. The predicted octanol–water partition coefficient (Wildman–Crippen LogP) is 4.15. The molecule has 0 aliphatic rings. The van der Waals surface area contributed by atoms with Crippen molar-refractivity contribution in [1.29, 1.82) is 0 Å². The monoisotopic (exact) mass is 176 g/mol. The number of benzene rings is 1. The van der Waals surface area contributed by atoms with E-state index >= 15 is 0 Å². The highest BCUT2D eigenvalue weighted by molar-refractivity contribution is 5.30. The van der Waals surface area contributed by atoms with Crippen molar-refractivity contribution >= 4 is 0 Å². The van der Waals surface area contributed by atoms with Crippen LogP contribution in [0, 0.1) is 0 Å². The van der Waals surface area contributed by atoms with Crippen LogP contribution in [0.1, 0.15) is 50.7 Å². The van der Waals surface area contributed by atoms with Gasteiger partial charge in [0.1, 0.15) is 0 Å². The smallest absolute Gasteiger partial charge is 0.0190 e. The lowest BCUT2D eigenvalue weighted by Crippen LogP contribution is -1.97. The molecule has 0 aliphatic heterocycles. The highest BCUT2D eigenvalue weighted by Crippen LogP contribution is 2.23. The highest BCUT2D eigenvalue weighted by atomic mass is 14.1. The Morgan fingerprint density at radius 2 is 1.85 bits per heavy atom. The Morgan fingerprint density at radius 1 is 1.15 bits per heavy atom. The molecule has 0 fully saturated rings. The second-order valence-corrected chi connectivity index (χ2v) is 3.76. The van der Waals surface area contributed by atoms with Gasteiger partial charge in [0.2, 0.25) is 0 Å². The standard InChI is InChI=1S/C13H20/c1-4-8-12-9-6-7-10-13(12)11(3)5-2/h6-7,9-11H,4-5,8H2,1-3H3. The van der Waals surface area contributed by atoms with Crippen LogP contribution >= 0.6 is 0 Å². The molecule has 13 heavy (non-hydrogen) atoms. The zero-order valence-electron chi connectivity index (χ0n) is 9.01. The summed E-state index contributed by atoms with van der Waals surface area (Å²) in [7, 11) is 0. The van der Waals surface area contributed by atoms with Crippen LogP contribution in [-0.2, 0) is 6.42 Å². The van der Waals surface area contributed by atoms with Crippen molar-refractivity contribution in [3.05, 3.63) is 35.4 Å². The first kappa shape index (κ1) is 10.3. The van der Waals surface area contributed by atoms with E-state index in [1.54, 1.807) is 11.1 Å². The van der Waals surface area contributed by atoms with Gasteiger partial charge < -0.3 is 0 Å². The Kier molecular flexibility index (Phi) is 4.01. The van der Waals surface area contributed by atoms with Crippen LogP contribution in [0.4, 0.5) is 0 Å². The summed E-state index contributed by atoms with van der Waals surface area (Å²) in [5.74, 6) is 0.711. The van der Waals surface area contributed by atoms with Gasteiger partial charge in [-0.3, -0.25) is 0 Å². The zero-order chi connectivity index (χ0) is 9.68. The average molecular weight is 176 g/mol. The summed E-state index contributed by atoms with van der Waals surface area (Å²) in [5.41, 5.74) is 3.09. The van der Waals surface area contributed by atoms with E-state index in [1.165, 1.54) is 19.3 Å². The van der Waals surface area contributed by atoms with Gasteiger partial charge in [0, 0.05) is 0 Å². The van der Waals surface area contributed by atoms with Crippen LogP contribution in [-0.4, -0.2) is 0 Å². The Bertz CT molecular complexity index is 250. The van der Waals surface area contributed by atoms with Gasteiger partial charge in [0.25, 0.3) is 0 Å². The van der Waals surface area contributed by atoms with Gasteiger partial charge in [-0.25, -0.2) is 0 Å². The minimum Gasteiger partial charge on any atom is -0.0651 e. The maximum absolute atomic E-state index is 2.31. The summed E-state index contributed by atoms with van der Waals surface area (Å²) in [6, 6.07) is 8.85. The van der Waals surface area contributed by atoms with Gasteiger partial charge >= 0.3 is 0 Å². The molecule has 0 aromatic heterocycles. The van der Waals surface area contributed by atoms with Gasteiger partial charge in [-0.2, -0.15) is 0 Å². The van der Waals surface area contributed by atoms with Gasteiger partial charge in [-0.15, -0.1) is 0 Å². The summed E-state index contributed by atoms with van der Waals surface area (Å²) in [4.78, 5) is 0. The topological polar surface area (TPSA) is 0 Å². The zero-order valence-corrected chi connectivity index (χ0v) is 9.01. The van der Waals surface area contributed by atoms with Crippen LogP contribution in [0.25, 0.3) is 0 Å². The third-order valence-electron chi connectivity index (χ3n) is 2.72. The maximum atomic E-state index is 2.31. The van der Waals surface area contributed by atoms with Crippen LogP contribution < -0.4 is 0 Å². The minimum atomic E-state index is 0.711. The fourth-order valence-corrected chi connectivity index (χ4v) is 1.73. The number of aryl methyl sites for hydroxylation is 1. The van der Waals surface area contributed by atoms with Crippen LogP contribution in [0.3, 0.4) is 0 Å². The van der Waals surface area contributed by atoms with Crippen LogP contribution in [0.15, 0.2) is 24.3 Å². The SMILES string of the molecule is CCCc1ccccc1C(C)CC. The Labute approximate surface area is 82.0 Å². The quantitative estimate of drug-likeness (QED) is 0.646. The molecule has 0 saturated heterocycles. The maximum Gasteiger partial charge on any atom is -0.0190 e. The first-order valence-electron chi connectivity index (χ1n) is 5.37. The molecular weight excluding hydrogens is 156 g/mol. The van der Waals surface area contributed by atoms with Crippen molar-refractivity contribution in [2.45, 2.75) is 46.0 Å². The molecule has 0 heteroatoms. The Balaban J connectivity index is 2.90. The van der Waals surface area contributed by atoms with E-state index in [-0.39, 0.29) is 0 Å². The lowest BCUT2D eigenvalue weighted by molar-refractivity contribution is 0.718. The summed E-state index contributed by atoms with van der Waals surface area (Å²) >= 11 is 0. The largest absolute Gasteiger partial charge is 0.0651 e. The highest BCUT2D eigenvalue weighted by Gasteiger charge is 2.06. The Hall–Kier alpha value is -0.780. The van der Waals surface area contributed by atoms with E-state index in [0.29, 0.717) is 5.92 Å². The Morgan fingerprint density at radius 3 is 2.46 bits per heavy atom. The van der Waals surface area contributed by atoms with Gasteiger partial charge in [-0.05, 0) is 29.9 Å². The van der Waals surface area contributed by atoms with E-state index in [1.807, 2.05) is 0 Å². The number of hydrogen-bond donors (Lipinski definition) is 0. The molecule has 1 unspecified atom stereocenters. The van der Waals surface area contributed by atoms with E-state index in [9.17, 15) is 0 Å². The van der Waals surface area contributed by atoms with Gasteiger partial charge in [0.15, 0.2) is 0 Å². The molecule has 1 aromatic carbocycles. The van der Waals surface area contributed by atoms with Crippen LogP contribution in [0.2, 0.25) is 0 Å². The van der Waals surface area contributed by atoms with E-state index < -0.39 is 0 Å². The number of hydrogen-bond acceptors (Lipinski definition) is 0. The van der Waals surface area contributed by atoms with Crippen molar-refractivity contribution in [2.24, 2.45) is 0 Å². The predicted molar refractivity (Wildman–Crippen MR) is 59.1 cm³/mol. The van der Waals surface area contributed by atoms with Gasteiger partial charge in [0.05, 0.1) is 0 Å². The molecular formula is C13H20. The molecule has 0 nitrogen and oxygen atoms in total. The average Bonchev–Trinajstić information content (AvgIpc) is 2.18. The molecule has 1 atom stereocenters. The lowest BCUT2D eigenvalue weighted by atomic mass is 9.92. The second-order valence-electron chi connectivity index (χ2n) is 3.76. The number of rotatable bonds is 4. The molecule has 72 valence electrons. The lowest BCUT2D eigenvalue weighted by Gasteiger charge is -2.13. The van der Waals surface area contributed by atoms with E-state index in [4.69, 9.17) is 0 Å². The van der Waals surface area contributed by atoms with Crippen molar-refractivity contribution in [3.8, 4) is 0 Å². The summed E-state index contributed by atoms with van der Waals surface area (Å²) in [6.07, 6.45) is 3.70.